The van der Waals surface area contributed by atoms with E-state index in [9.17, 15) is 0 Å². The predicted molar refractivity (Wildman–Crippen MR) is 50.5 cm³/mol. The average Bonchev–Trinajstić information content (AvgIpc) is 1.95. The van der Waals surface area contributed by atoms with Crippen molar-refractivity contribution in [3.63, 3.8) is 0 Å². The summed E-state index contributed by atoms with van der Waals surface area (Å²) in [6.07, 6.45) is 0. The van der Waals surface area contributed by atoms with Gasteiger partial charge in [-0.25, -0.2) is 0 Å². The van der Waals surface area contributed by atoms with Gasteiger partial charge in [-0.1, -0.05) is 11.6 Å². The van der Waals surface area contributed by atoms with E-state index in [2.05, 4.69) is 5.32 Å². The van der Waals surface area contributed by atoms with Crippen LogP contribution in [0.4, 0.5) is 5.69 Å². The molecule has 0 unspecified atom stereocenters. The molecule has 0 spiro atoms. The molecule has 3 heteroatoms. The van der Waals surface area contributed by atoms with Gasteiger partial charge in [-0.3, -0.25) is 0 Å². The number of hydrogen-bond donors (Lipinski definition) is 1. The van der Waals surface area contributed by atoms with E-state index in [0.717, 1.165) is 16.3 Å². The Morgan fingerprint density at radius 1 is 1.45 bits per heavy atom. The van der Waals surface area contributed by atoms with Gasteiger partial charge in [-0.2, -0.15) is 0 Å². The summed E-state index contributed by atoms with van der Waals surface area (Å²) < 4.78 is 0. The van der Waals surface area contributed by atoms with Crippen LogP contribution in [0.2, 0.25) is 5.02 Å². The Kier molecular flexibility index (Phi) is 3.03. The number of nitrogens with one attached hydrogen (secondary N) is 1. The molecule has 11 heavy (non-hydrogen) atoms. The quantitative estimate of drug-likeness (QED) is 0.557. The van der Waals surface area contributed by atoms with Gasteiger partial charge < -0.3 is 5.32 Å². The molecule has 0 atom stereocenters. The molecule has 0 fully saturated rings. The third-order valence-electron chi connectivity index (χ3n) is 1.45. The molecule has 1 aromatic rings. The largest absolute Gasteiger partial charge is 0.371 e. The van der Waals surface area contributed by atoms with Gasteiger partial charge >= 0.3 is 0 Å². The molecule has 1 aromatic carbocycles. The summed E-state index contributed by atoms with van der Waals surface area (Å²) in [6, 6.07) is 6.07. The predicted octanol–water partition coefficient (Wildman–Crippen LogP) is 3.26. The second kappa shape index (κ2) is 3.84. The maximum atomic E-state index is 5.76. The molecule has 0 saturated carbocycles. The van der Waals surface area contributed by atoms with Crippen molar-refractivity contribution < 1.29 is 0 Å². The minimum Gasteiger partial charge on any atom is -0.371 e. The van der Waals surface area contributed by atoms with Crippen LogP contribution in [0.25, 0.3) is 0 Å². The van der Waals surface area contributed by atoms with Crippen LogP contribution in [0.15, 0.2) is 18.2 Å². The van der Waals surface area contributed by atoms with Crippen LogP contribution in [-0.4, -0.2) is 6.00 Å². The summed E-state index contributed by atoms with van der Waals surface area (Å²) in [7, 11) is 0. The zero-order chi connectivity index (χ0) is 8.27. The highest BCUT2D eigenvalue weighted by Crippen LogP contribution is 2.19. The fourth-order valence-electron chi connectivity index (χ4n) is 0.897. The van der Waals surface area contributed by atoms with Gasteiger partial charge in [0.1, 0.15) is 0 Å². The summed E-state index contributed by atoms with van der Waals surface area (Å²) in [5, 5.41) is 3.76. The van der Waals surface area contributed by atoms with Gasteiger partial charge in [0.15, 0.2) is 0 Å². The lowest BCUT2D eigenvalue weighted by atomic mass is 10.2. The van der Waals surface area contributed by atoms with Crippen LogP contribution in [0.3, 0.4) is 0 Å². The van der Waals surface area contributed by atoms with E-state index in [1.54, 1.807) is 0 Å². The Morgan fingerprint density at radius 2 is 2.18 bits per heavy atom. The lowest BCUT2D eigenvalue weighted by molar-refractivity contribution is 1.38. The van der Waals surface area contributed by atoms with E-state index in [0.29, 0.717) is 6.00 Å². The van der Waals surface area contributed by atoms with Crippen molar-refractivity contribution in [3.8, 4) is 0 Å². The molecule has 0 radical (unpaired) electrons. The van der Waals surface area contributed by atoms with E-state index in [1.165, 1.54) is 0 Å². The highest BCUT2D eigenvalue weighted by atomic mass is 35.5. The van der Waals surface area contributed by atoms with E-state index >= 15 is 0 Å². The molecule has 1 nitrogen and oxygen atoms in total. The van der Waals surface area contributed by atoms with Gasteiger partial charge in [0.25, 0.3) is 0 Å². The third kappa shape index (κ3) is 2.28. The molecule has 1 N–H and O–H groups in total. The molecular formula is C8H9Cl2N. The van der Waals surface area contributed by atoms with Crippen molar-refractivity contribution in [2.24, 2.45) is 0 Å². The van der Waals surface area contributed by atoms with Crippen LogP contribution in [-0.2, 0) is 0 Å². The first-order valence-electron chi connectivity index (χ1n) is 3.30. The first-order chi connectivity index (χ1) is 5.24. The molecule has 0 aliphatic heterocycles. The summed E-state index contributed by atoms with van der Waals surface area (Å²) in [4.78, 5) is 0. The molecule has 0 aliphatic rings. The fourth-order valence-corrected chi connectivity index (χ4v) is 1.27. The van der Waals surface area contributed by atoms with Crippen molar-refractivity contribution in [3.05, 3.63) is 28.8 Å². The molecule has 0 heterocycles. The Labute approximate surface area is 76.3 Å². The van der Waals surface area contributed by atoms with Gasteiger partial charge in [-0.05, 0) is 30.7 Å². The van der Waals surface area contributed by atoms with Gasteiger partial charge in [-0.15, -0.1) is 11.6 Å². The topological polar surface area (TPSA) is 12.0 Å². The number of anilines is 1. The van der Waals surface area contributed by atoms with Crippen LogP contribution in [0.5, 0.6) is 0 Å². The molecule has 0 aromatic heterocycles. The van der Waals surface area contributed by atoms with Crippen LogP contribution < -0.4 is 5.32 Å². The standard InChI is InChI=1S/C8H9Cl2N/c1-6-4-7(10)2-3-8(6)11-5-9/h2-4,11H,5H2,1H3. The number of halogens is 2. The molecule has 0 saturated heterocycles. The van der Waals surface area contributed by atoms with Crippen LogP contribution >= 0.6 is 23.2 Å². The summed E-state index contributed by atoms with van der Waals surface area (Å²) in [5.41, 5.74) is 2.14. The Hall–Kier alpha value is -0.400. The normalized spacial score (nSPS) is 9.73. The molecule has 60 valence electrons. The number of benzene rings is 1. The highest BCUT2D eigenvalue weighted by Gasteiger charge is 1.95. The summed E-state index contributed by atoms with van der Waals surface area (Å²) in [5.74, 6) is 0. The Morgan fingerprint density at radius 3 is 2.73 bits per heavy atom. The number of hydrogen-bond acceptors (Lipinski definition) is 1. The minimum atomic E-state index is 0.419. The molecule has 0 amide bonds. The van der Waals surface area contributed by atoms with Gasteiger partial charge in [0, 0.05) is 10.7 Å². The monoisotopic (exact) mass is 189 g/mol. The zero-order valence-electron chi connectivity index (χ0n) is 6.20. The number of aryl methyl sites for hydroxylation is 1. The summed E-state index contributed by atoms with van der Waals surface area (Å²) >= 11 is 11.3. The van der Waals surface area contributed by atoms with Crippen molar-refractivity contribution in [2.45, 2.75) is 6.92 Å². The van der Waals surface area contributed by atoms with Crippen LogP contribution in [0, 0.1) is 6.92 Å². The maximum Gasteiger partial charge on any atom is 0.0901 e. The molecule has 0 bridgehead atoms. The Balaban J connectivity index is 2.90. The van der Waals surface area contributed by atoms with E-state index in [1.807, 2.05) is 25.1 Å². The first-order valence-corrected chi connectivity index (χ1v) is 4.21. The lowest BCUT2D eigenvalue weighted by Gasteiger charge is -2.05. The van der Waals surface area contributed by atoms with Gasteiger partial charge in [0.05, 0.1) is 6.00 Å². The van der Waals surface area contributed by atoms with Crippen molar-refractivity contribution >= 4 is 28.9 Å². The second-order valence-electron chi connectivity index (χ2n) is 2.27. The molecule has 0 aliphatic carbocycles. The first kappa shape index (κ1) is 8.69. The zero-order valence-corrected chi connectivity index (χ0v) is 7.71. The second-order valence-corrected chi connectivity index (χ2v) is 2.97. The smallest absolute Gasteiger partial charge is 0.0901 e. The van der Waals surface area contributed by atoms with Crippen molar-refractivity contribution in [2.75, 3.05) is 11.3 Å². The highest BCUT2D eigenvalue weighted by molar-refractivity contribution is 6.30. The SMILES string of the molecule is Cc1cc(Cl)ccc1NCCl. The molecule has 1 rings (SSSR count). The average molecular weight is 190 g/mol. The van der Waals surface area contributed by atoms with E-state index < -0.39 is 0 Å². The summed E-state index contributed by atoms with van der Waals surface area (Å²) in [6.45, 7) is 1.99. The Bertz CT molecular complexity index is 248. The van der Waals surface area contributed by atoms with Crippen molar-refractivity contribution in [1.29, 1.82) is 0 Å². The lowest BCUT2D eigenvalue weighted by Crippen LogP contribution is -1.95. The van der Waals surface area contributed by atoms with Crippen LogP contribution in [0.1, 0.15) is 5.56 Å². The van der Waals surface area contributed by atoms with E-state index in [4.69, 9.17) is 23.2 Å². The third-order valence-corrected chi connectivity index (χ3v) is 1.81. The van der Waals surface area contributed by atoms with Gasteiger partial charge in [0.2, 0.25) is 0 Å². The molecular weight excluding hydrogens is 181 g/mol. The van der Waals surface area contributed by atoms with Crippen molar-refractivity contribution in [1.82, 2.24) is 0 Å². The number of rotatable bonds is 2. The number of alkyl halides is 1. The van der Waals surface area contributed by atoms with E-state index in [-0.39, 0.29) is 0 Å². The fraction of sp³-hybridized carbons (Fsp3) is 0.250. The maximum absolute atomic E-state index is 5.76. The minimum absolute atomic E-state index is 0.419.